The molecule has 0 saturated heterocycles. The van der Waals surface area contributed by atoms with Gasteiger partial charge in [-0.3, -0.25) is 14.3 Å². The second-order valence-corrected chi connectivity index (χ2v) is 9.53. The fraction of sp³-hybridized carbons (Fsp3) is 0.842. The molecule has 0 aromatic carbocycles. The first-order valence-corrected chi connectivity index (χ1v) is 10.6. The molecule has 1 aromatic heterocycles. The molecule has 2 bridgehead atoms. The number of nitrogens with zero attached hydrogens (tertiary/aromatic N) is 2. The number of carbonyl (C=O) groups excluding carboxylic acids is 1. The highest BCUT2D eigenvalue weighted by molar-refractivity contribution is 5.79. The summed E-state index contributed by atoms with van der Waals surface area (Å²) in [6.45, 7) is -0.684. The largest absolute Gasteiger partial charge is 0.522 e. The summed E-state index contributed by atoms with van der Waals surface area (Å²) in [4.78, 5) is 12.2. The Bertz CT molecular complexity index is 893. The zero-order valence-electron chi connectivity index (χ0n) is 17.2. The third-order valence-electron chi connectivity index (χ3n) is 6.83. The second-order valence-electron chi connectivity index (χ2n) is 9.53. The maximum atomic E-state index is 12.2. The quantitative estimate of drug-likeness (QED) is 0.537. The van der Waals surface area contributed by atoms with Crippen LogP contribution in [0, 0.1) is 5.92 Å². The molecule has 1 N–H and O–H groups in total. The summed E-state index contributed by atoms with van der Waals surface area (Å²) in [5.74, 6) is -0.146. The predicted molar refractivity (Wildman–Crippen MR) is 93.5 cm³/mol. The average molecular weight is 485 g/mol. The number of aromatic nitrogens is 2. The first kappa shape index (κ1) is 22.8. The number of hydrogen-bond acceptors (Lipinski definition) is 7. The summed E-state index contributed by atoms with van der Waals surface area (Å²) >= 11 is 0. The van der Waals surface area contributed by atoms with Crippen molar-refractivity contribution >= 4 is 5.91 Å². The van der Waals surface area contributed by atoms with Gasteiger partial charge in [0.1, 0.15) is 6.61 Å². The highest BCUT2D eigenvalue weighted by atomic mass is 19.4. The molecule has 5 fully saturated rings. The summed E-state index contributed by atoms with van der Waals surface area (Å²) in [5.41, 5.74) is -0.721. The highest BCUT2D eigenvalue weighted by Gasteiger charge is 2.72. The lowest BCUT2D eigenvalue weighted by molar-refractivity contribution is -0.357. The van der Waals surface area contributed by atoms with Gasteiger partial charge < -0.3 is 14.5 Å². The minimum absolute atomic E-state index is 0.0880. The first-order valence-electron chi connectivity index (χ1n) is 10.6. The van der Waals surface area contributed by atoms with Crippen molar-refractivity contribution in [2.45, 2.75) is 80.3 Å². The highest BCUT2D eigenvalue weighted by Crippen LogP contribution is 2.67. The van der Waals surface area contributed by atoms with E-state index in [1.165, 1.54) is 0 Å². The lowest BCUT2D eigenvalue weighted by Crippen LogP contribution is -2.77. The maximum absolute atomic E-state index is 12.2. The third-order valence-corrected chi connectivity index (χ3v) is 6.83. The van der Waals surface area contributed by atoms with Crippen molar-refractivity contribution in [1.82, 2.24) is 15.5 Å². The van der Waals surface area contributed by atoms with Crippen molar-refractivity contribution in [3.05, 3.63) is 11.8 Å². The van der Waals surface area contributed by atoms with Gasteiger partial charge in [-0.15, -0.1) is 36.5 Å². The monoisotopic (exact) mass is 485 g/mol. The van der Waals surface area contributed by atoms with Gasteiger partial charge in [0.15, 0.2) is 0 Å². The van der Waals surface area contributed by atoms with Crippen LogP contribution in [-0.4, -0.2) is 59.8 Å². The zero-order valence-corrected chi connectivity index (χ0v) is 17.2. The molecule has 0 unspecified atom stereocenters. The number of amides is 1. The molecule has 0 radical (unpaired) electrons. The van der Waals surface area contributed by atoms with Gasteiger partial charge in [-0.1, -0.05) is 0 Å². The number of hydrogen-bond donors (Lipinski definition) is 1. The normalized spacial score (nSPS) is 37.0. The maximum Gasteiger partial charge on any atom is 0.522 e. The van der Waals surface area contributed by atoms with E-state index in [1.807, 2.05) is 0 Å². The average Bonchev–Trinajstić information content (AvgIpc) is 3.22. The van der Waals surface area contributed by atoms with Crippen LogP contribution in [0.3, 0.4) is 0 Å². The third kappa shape index (κ3) is 4.83. The van der Waals surface area contributed by atoms with Crippen LogP contribution >= 0.6 is 0 Å². The van der Waals surface area contributed by atoms with Crippen LogP contribution in [0.1, 0.15) is 56.2 Å². The molecular weight excluding hydrogens is 464 g/mol. The van der Waals surface area contributed by atoms with E-state index in [2.05, 4.69) is 25.0 Å². The molecule has 14 heteroatoms. The smallest absolute Gasteiger partial charge is 0.424 e. The van der Waals surface area contributed by atoms with Crippen molar-refractivity contribution in [1.29, 1.82) is 0 Å². The Morgan fingerprint density at radius 3 is 2.36 bits per heavy atom. The fourth-order valence-corrected chi connectivity index (χ4v) is 5.15. The van der Waals surface area contributed by atoms with Crippen LogP contribution in [0.2, 0.25) is 0 Å². The molecular formula is C19H21F6N3O5. The molecule has 6 rings (SSSR count). The molecule has 2 atom stereocenters. The fourth-order valence-electron chi connectivity index (χ4n) is 5.15. The zero-order chi connectivity index (χ0) is 23.6. The summed E-state index contributed by atoms with van der Waals surface area (Å²) in [7, 11) is 0. The lowest BCUT2D eigenvalue weighted by Gasteiger charge is -2.68. The van der Waals surface area contributed by atoms with E-state index in [0.717, 1.165) is 0 Å². The predicted octanol–water partition coefficient (Wildman–Crippen LogP) is 3.08. The van der Waals surface area contributed by atoms with E-state index in [1.54, 1.807) is 0 Å². The Morgan fingerprint density at radius 1 is 1.03 bits per heavy atom. The van der Waals surface area contributed by atoms with Crippen LogP contribution in [0.4, 0.5) is 26.3 Å². The topological polar surface area (TPSA) is 95.7 Å². The van der Waals surface area contributed by atoms with Crippen molar-refractivity contribution in [2.24, 2.45) is 5.92 Å². The summed E-state index contributed by atoms with van der Waals surface area (Å²) < 4.78 is 91.5. The number of nitrogens with one attached hydrogen (secondary N) is 1. The molecule has 1 heterocycles. The van der Waals surface area contributed by atoms with Crippen molar-refractivity contribution in [3.8, 4) is 0 Å². The van der Waals surface area contributed by atoms with E-state index in [-0.39, 0.29) is 48.1 Å². The van der Waals surface area contributed by atoms with Gasteiger partial charge in [-0.2, -0.15) is 0 Å². The van der Waals surface area contributed by atoms with Gasteiger partial charge in [-0.05, 0) is 31.6 Å². The summed E-state index contributed by atoms with van der Waals surface area (Å²) in [6.07, 6.45) is -8.23. The molecule has 5 aliphatic carbocycles. The number of carbonyl (C=O) groups is 1. The molecule has 1 amide bonds. The van der Waals surface area contributed by atoms with Crippen LogP contribution < -0.4 is 5.32 Å². The van der Waals surface area contributed by atoms with Gasteiger partial charge in [0.2, 0.25) is 17.7 Å². The van der Waals surface area contributed by atoms with E-state index >= 15 is 0 Å². The Balaban J connectivity index is 1.01. The van der Waals surface area contributed by atoms with Gasteiger partial charge in [0.25, 0.3) is 0 Å². The Morgan fingerprint density at radius 2 is 1.73 bits per heavy atom. The first-order chi connectivity index (χ1) is 15.3. The number of halogens is 6. The summed E-state index contributed by atoms with van der Waals surface area (Å²) in [5, 5.41) is 10.9. The van der Waals surface area contributed by atoms with Crippen LogP contribution in [0.25, 0.3) is 0 Å². The Labute approximate surface area is 183 Å². The van der Waals surface area contributed by atoms with Gasteiger partial charge in [0.05, 0.1) is 24.2 Å². The standard InChI is InChI=1S/C19H21F6N3O5/c20-18(21,22)31-4-9-1-12(9)14-27-28-15(32-14)16-6-17(7-16,8-16)26-13(29)5-30-10-2-11(3-10)33-19(23,24)25/h9-12H,1-8H2,(H,26,29)/t9-,10?,11?,12+,16?,17?/m0/s1. The van der Waals surface area contributed by atoms with Crippen LogP contribution in [0.15, 0.2) is 4.42 Å². The van der Waals surface area contributed by atoms with E-state index in [9.17, 15) is 31.1 Å². The van der Waals surface area contributed by atoms with E-state index in [0.29, 0.717) is 37.5 Å². The minimum atomic E-state index is -4.67. The Kier molecular flexibility index (Phi) is 5.22. The molecule has 8 nitrogen and oxygen atoms in total. The number of alkyl halides is 6. The van der Waals surface area contributed by atoms with Crippen LogP contribution in [0.5, 0.6) is 0 Å². The molecule has 0 spiro atoms. The molecule has 33 heavy (non-hydrogen) atoms. The van der Waals surface area contributed by atoms with Gasteiger partial charge in [0, 0.05) is 24.3 Å². The van der Waals surface area contributed by atoms with Crippen molar-refractivity contribution in [3.63, 3.8) is 0 Å². The van der Waals surface area contributed by atoms with E-state index in [4.69, 9.17) is 9.15 Å². The van der Waals surface area contributed by atoms with E-state index < -0.39 is 31.5 Å². The molecule has 5 saturated carbocycles. The van der Waals surface area contributed by atoms with Gasteiger partial charge in [-0.25, -0.2) is 0 Å². The van der Waals surface area contributed by atoms with Gasteiger partial charge >= 0.3 is 12.7 Å². The SMILES string of the molecule is O=C(COC1CC(OC(F)(F)F)C1)NC12CC(c3nnc([C@@H]4C[C@H]4COC(F)(F)F)o3)(C1)C2. The molecule has 5 aliphatic rings. The van der Waals surface area contributed by atoms with Crippen molar-refractivity contribution < 1.29 is 49.8 Å². The molecule has 1 aromatic rings. The minimum Gasteiger partial charge on any atom is -0.424 e. The van der Waals surface area contributed by atoms with Crippen LogP contribution in [-0.2, 0) is 24.4 Å². The molecule has 0 aliphatic heterocycles. The molecule has 184 valence electrons. The second kappa shape index (κ2) is 7.54. The summed E-state index contributed by atoms with van der Waals surface area (Å²) in [6, 6.07) is 0. The number of rotatable bonds is 9. The van der Waals surface area contributed by atoms with Crippen molar-refractivity contribution in [2.75, 3.05) is 13.2 Å². The number of ether oxygens (including phenoxy) is 3. The Hall–Kier alpha value is -1.93. The lowest BCUT2D eigenvalue weighted by atomic mass is 9.39.